The van der Waals surface area contributed by atoms with Crippen LogP contribution in [0.5, 0.6) is 0 Å². The number of carbonyl (C=O) groups excluding carboxylic acids is 2. The molecule has 3 aliphatic rings. The first-order valence-electron chi connectivity index (χ1n) is 6.19. The Bertz CT molecular complexity index is 375. The van der Waals surface area contributed by atoms with Crippen molar-refractivity contribution >= 4 is 17.5 Å². The number of amides is 2. The van der Waals surface area contributed by atoms with Gasteiger partial charge in [-0.15, -0.1) is 0 Å². The van der Waals surface area contributed by atoms with Crippen LogP contribution in [0.25, 0.3) is 0 Å². The van der Waals surface area contributed by atoms with Crippen LogP contribution in [-0.4, -0.2) is 35.0 Å². The predicted molar refractivity (Wildman–Crippen MR) is 59.1 cm³/mol. The van der Waals surface area contributed by atoms with Crippen LogP contribution in [0.4, 0.5) is 0 Å². The van der Waals surface area contributed by atoms with E-state index in [9.17, 15) is 9.59 Å². The number of fused-ring (bicyclic) bond motifs is 2. The number of aliphatic imine (C=N–C) groups is 1. The van der Waals surface area contributed by atoms with E-state index in [0.29, 0.717) is 0 Å². The number of nitrogens with zero attached hydrogens (tertiary/aromatic N) is 2. The molecule has 2 unspecified atom stereocenters. The molecule has 0 N–H and O–H groups in total. The van der Waals surface area contributed by atoms with Crippen LogP contribution < -0.4 is 0 Å². The standard InChI is InChI=1S/C12H16N2O2/c15-11-10-6-3-7-14(10)12(16)8-4-1-2-5-9(8)13-11/h8,10H,1-7H2. The molecule has 3 rings (SSSR count). The highest BCUT2D eigenvalue weighted by Gasteiger charge is 2.42. The molecule has 4 nitrogen and oxygen atoms in total. The molecule has 0 aromatic carbocycles. The summed E-state index contributed by atoms with van der Waals surface area (Å²) in [5, 5.41) is 0. The van der Waals surface area contributed by atoms with Crippen LogP contribution in [0.2, 0.25) is 0 Å². The molecule has 2 amide bonds. The van der Waals surface area contributed by atoms with E-state index >= 15 is 0 Å². The number of hydrogen-bond acceptors (Lipinski definition) is 2. The second kappa shape index (κ2) is 3.68. The van der Waals surface area contributed by atoms with Crippen molar-refractivity contribution in [3.8, 4) is 0 Å². The van der Waals surface area contributed by atoms with Gasteiger partial charge in [0.1, 0.15) is 6.04 Å². The lowest BCUT2D eigenvalue weighted by atomic mass is 9.86. The second-order valence-electron chi connectivity index (χ2n) is 4.93. The van der Waals surface area contributed by atoms with Gasteiger partial charge in [-0.05, 0) is 32.1 Å². The summed E-state index contributed by atoms with van der Waals surface area (Å²) in [4.78, 5) is 30.2. The molecule has 0 aromatic rings. The van der Waals surface area contributed by atoms with Gasteiger partial charge in [0.25, 0.3) is 5.91 Å². The van der Waals surface area contributed by atoms with Gasteiger partial charge in [0, 0.05) is 12.3 Å². The maximum atomic E-state index is 12.3. The zero-order valence-electron chi connectivity index (χ0n) is 9.32. The summed E-state index contributed by atoms with van der Waals surface area (Å²) < 4.78 is 0. The average molecular weight is 220 g/mol. The lowest BCUT2D eigenvalue weighted by Gasteiger charge is -2.26. The quantitative estimate of drug-likeness (QED) is 0.615. The van der Waals surface area contributed by atoms with E-state index in [1.54, 1.807) is 4.90 Å². The second-order valence-corrected chi connectivity index (χ2v) is 4.93. The van der Waals surface area contributed by atoms with Gasteiger partial charge in [-0.25, -0.2) is 4.99 Å². The van der Waals surface area contributed by atoms with Crippen molar-refractivity contribution in [2.75, 3.05) is 6.54 Å². The normalized spacial score (nSPS) is 34.2. The first-order chi connectivity index (χ1) is 7.77. The summed E-state index contributed by atoms with van der Waals surface area (Å²) in [7, 11) is 0. The minimum absolute atomic E-state index is 0.0785. The lowest BCUT2D eigenvalue weighted by Crippen LogP contribution is -2.42. The van der Waals surface area contributed by atoms with Crippen molar-refractivity contribution in [1.82, 2.24) is 4.90 Å². The van der Waals surface area contributed by atoms with Gasteiger partial charge >= 0.3 is 0 Å². The van der Waals surface area contributed by atoms with E-state index in [1.165, 1.54) is 0 Å². The Labute approximate surface area is 94.7 Å². The smallest absolute Gasteiger partial charge is 0.268 e. The van der Waals surface area contributed by atoms with Gasteiger partial charge in [0.05, 0.1) is 5.92 Å². The molecule has 0 radical (unpaired) electrons. The fourth-order valence-electron chi connectivity index (χ4n) is 3.10. The minimum Gasteiger partial charge on any atom is -0.330 e. The van der Waals surface area contributed by atoms with Crippen LogP contribution in [0.1, 0.15) is 38.5 Å². The average Bonchev–Trinajstić information content (AvgIpc) is 2.74. The monoisotopic (exact) mass is 220 g/mol. The Morgan fingerprint density at radius 2 is 2.00 bits per heavy atom. The van der Waals surface area contributed by atoms with Gasteiger partial charge in [-0.1, -0.05) is 6.42 Å². The number of hydrogen-bond donors (Lipinski definition) is 0. The van der Waals surface area contributed by atoms with E-state index in [1.807, 2.05) is 0 Å². The lowest BCUT2D eigenvalue weighted by molar-refractivity contribution is -0.138. The Hall–Kier alpha value is -1.19. The van der Waals surface area contributed by atoms with Crippen molar-refractivity contribution in [3.05, 3.63) is 0 Å². The van der Waals surface area contributed by atoms with Crippen molar-refractivity contribution in [3.63, 3.8) is 0 Å². The van der Waals surface area contributed by atoms with E-state index in [0.717, 1.165) is 50.8 Å². The molecule has 16 heavy (non-hydrogen) atoms. The molecule has 2 aliphatic heterocycles. The summed E-state index contributed by atoms with van der Waals surface area (Å²) >= 11 is 0. The number of carbonyl (C=O) groups is 2. The van der Waals surface area contributed by atoms with Gasteiger partial charge in [0.2, 0.25) is 5.91 Å². The highest BCUT2D eigenvalue weighted by atomic mass is 16.2. The Balaban J connectivity index is 1.98. The SMILES string of the molecule is O=C1N=C2CCCCC2C(=O)N2CCCC12. The molecule has 0 bridgehead atoms. The van der Waals surface area contributed by atoms with Crippen molar-refractivity contribution in [2.24, 2.45) is 10.9 Å². The summed E-state index contributed by atoms with van der Waals surface area (Å²) in [6, 6.07) is -0.245. The van der Waals surface area contributed by atoms with Gasteiger partial charge < -0.3 is 4.90 Å². The van der Waals surface area contributed by atoms with Crippen LogP contribution >= 0.6 is 0 Å². The van der Waals surface area contributed by atoms with Gasteiger partial charge in [-0.2, -0.15) is 0 Å². The molecule has 2 fully saturated rings. The maximum Gasteiger partial charge on any atom is 0.268 e. The zero-order chi connectivity index (χ0) is 11.1. The van der Waals surface area contributed by atoms with Crippen molar-refractivity contribution < 1.29 is 9.59 Å². The molecule has 1 aliphatic carbocycles. The fourth-order valence-corrected chi connectivity index (χ4v) is 3.10. The van der Waals surface area contributed by atoms with Crippen LogP contribution in [-0.2, 0) is 9.59 Å². The topological polar surface area (TPSA) is 49.7 Å². The van der Waals surface area contributed by atoms with Crippen LogP contribution in [0.15, 0.2) is 4.99 Å². The highest BCUT2D eigenvalue weighted by molar-refractivity contribution is 6.12. The third-order valence-electron chi connectivity index (χ3n) is 3.95. The summed E-state index contributed by atoms with van der Waals surface area (Å²) in [5.74, 6) is -0.00199. The summed E-state index contributed by atoms with van der Waals surface area (Å²) in [6.45, 7) is 0.745. The summed E-state index contributed by atoms with van der Waals surface area (Å²) in [5.41, 5.74) is 0.857. The number of rotatable bonds is 0. The molecule has 0 spiro atoms. The molecule has 1 saturated heterocycles. The molecule has 4 heteroatoms. The third kappa shape index (κ3) is 1.39. The van der Waals surface area contributed by atoms with Gasteiger partial charge in [0.15, 0.2) is 0 Å². The predicted octanol–water partition coefficient (Wildman–Crippen LogP) is 1.15. The van der Waals surface area contributed by atoms with Gasteiger partial charge in [-0.3, -0.25) is 9.59 Å². The fraction of sp³-hybridized carbons (Fsp3) is 0.750. The molecule has 1 saturated carbocycles. The Kier molecular flexibility index (Phi) is 2.30. The molecule has 2 atom stereocenters. The third-order valence-corrected chi connectivity index (χ3v) is 3.95. The Morgan fingerprint density at radius 1 is 1.12 bits per heavy atom. The van der Waals surface area contributed by atoms with Crippen molar-refractivity contribution in [2.45, 2.75) is 44.6 Å². The molecule has 86 valence electrons. The van der Waals surface area contributed by atoms with Crippen LogP contribution in [0, 0.1) is 5.92 Å². The molecular formula is C12H16N2O2. The van der Waals surface area contributed by atoms with E-state index in [-0.39, 0.29) is 23.8 Å². The molecular weight excluding hydrogens is 204 g/mol. The summed E-state index contributed by atoms with van der Waals surface area (Å²) in [6.07, 6.45) is 5.62. The Morgan fingerprint density at radius 3 is 2.88 bits per heavy atom. The maximum absolute atomic E-state index is 12.3. The van der Waals surface area contributed by atoms with Crippen molar-refractivity contribution in [1.29, 1.82) is 0 Å². The zero-order valence-corrected chi connectivity index (χ0v) is 9.32. The minimum atomic E-state index is -0.245. The first kappa shape index (κ1) is 10.00. The molecule has 0 aromatic heterocycles. The first-order valence-corrected chi connectivity index (χ1v) is 6.19. The van der Waals surface area contributed by atoms with E-state index in [2.05, 4.69) is 4.99 Å². The molecule has 2 heterocycles. The largest absolute Gasteiger partial charge is 0.330 e. The highest BCUT2D eigenvalue weighted by Crippen LogP contribution is 2.30. The van der Waals surface area contributed by atoms with Crippen LogP contribution in [0.3, 0.4) is 0 Å². The van der Waals surface area contributed by atoms with E-state index in [4.69, 9.17) is 0 Å². The van der Waals surface area contributed by atoms with E-state index < -0.39 is 0 Å².